The minimum atomic E-state index is -0.113. The summed E-state index contributed by atoms with van der Waals surface area (Å²) in [6.45, 7) is 5.37. The molecule has 0 spiro atoms. The average molecular weight is 305 g/mol. The van der Waals surface area contributed by atoms with E-state index < -0.39 is 0 Å². The predicted octanol–water partition coefficient (Wildman–Crippen LogP) is 2.24. The molecule has 0 aliphatic carbocycles. The second kappa shape index (κ2) is 10.1. The lowest BCUT2D eigenvalue weighted by Gasteiger charge is -2.14. The number of benzene rings is 1. The number of likely N-dealkylation sites (tertiary alicyclic amines) is 1. The lowest BCUT2D eigenvalue weighted by atomic mass is 10.3. The Labute approximate surface area is 133 Å². The SMILES string of the molecule is O=C(NCCCCN1CCCC1)NCCOc1ccccc1. The molecule has 0 bridgehead atoms. The molecule has 0 atom stereocenters. The summed E-state index contributed by atoms with van der Waals surface area (Å²) >= 11 is 0. The second-order valence-corrected chi connectivity index (χ2v) is 5.60. The smallest absolute Gasteiger partial charge is 0.314 e. The first kappa shape index (κ1) is 16.6. The first-order valence-electron chi connectivity index (χ1n) is 8.26. The largest absolute Gasteiger partial charge is 0.492 e. The van der Waals surface area contributed by atoms with Gasteiger partial charge < -0.3 is 20.3 Å². The van der Waals surface area contributed by atoms with Crippen molar-refractivity contribution in [1.29, 1.82) is 0 Å². The maximum atomic E-state index is 11.6. The molecular weight excluding hydrogens is 278 g/mol. The van der Waals surface area contributed by atoms with E-state index >= 15 is 0 Å². The summed E-state index contributed by atoms with van der Waals surface area (Å²) in [5.41, 5.74) is 0. The molecule has 1 fully saturated rings. The van der Waals surface area contributed by atoms with Gasteiger partial charge in [-0.1, -0.05) is 18.2 Å². The quantitative estimate of drug-likeness (QED) is 0.688. The van der Waals surface area contributed by atoms with Gasteiger partial charge in [0, 0.05) is 6.54 Å². The zero-order valence-electron chi connectivity index (χ0n) is 13.2. The zero-order valence-corrected chi connectivity index (χ0v) is 13.2. The van der Waals surface area contributed by atoms with Gasteiger partial charge in [-0.05, 0) is 57.5 Å². The lowest BCUT2D eigenvalue weighted by Crippen LogP contribution is -2.38. The van der Waals surface area contributed by atoms with Gasteiger partial charge in [-0.15, -0.1) is 0 Å². The van der Waals surface area contributed by atoms with Crippen molar-refractivity contribution < 1.29 is 9.53 Å². The van der Waals surface area contributed by atoms with Crippen LogP contribution in [-0.4, -0.2) is 50.3 Å². The van der Waals surface area contributed by atoms with Gasteiger partial charge in [0.15, 0.2) is 0 Å². The van der Waals surface area contributed by atoms with E-state index in [0.717, 1.165) is 31.7 Å². The van der Waals surface area contributed by atoms with Crippen LogP contribution in [0.2, 0.25) is 0 Å². The first-order chi connectivity index (χ1) is 10.8. The molecule has 1 aliphatic rings. The number of carbonyl (C=O) groups excluding carboxylic acids is 1. The van der Waals surface area contributed by atoms with Crippen LogP contribution in [0.5, 0.6) is 5.75 Å². The summed E-state index contributed by atoms with van der Waals surface area (Å²) in [7, 11) is 0. The van der Waals surface area contributed by atoms with E-state index in [0.29, 0.717) is 13.2 Å². The average Bonchev–Trinajstić information content (AvgIpc) is 3.06. The van der Waals surface area contributed by atoms with Crippen LogP contribution in [-0.2, 0) is 0 Å². The molecule has 1 saturated heterocycles. The number of para-hydroxylation sites is 1. The van der Waals surface area contributed by atoms with Crippen molar-refractivity contribution in [3.63, 3.8) is 0 Å². The molecule has 22 heavy (non-hydrogen) atoms. The molecule has 5 nitrogen and oxygen atoms in total. The van der Waals surface area contributed by atoms with Gasteiger partial charge in [-0.25, -0.2) is 4.79 Å². The highest BCUT2D eigenvalue weighted by Gasteiger charge is 2.10. The van der Waals surface area contributed by atoms with Crippen LogP contribution in [0.3, 0.4) is 0 Å². The normalized spacial score (nSPS) is 14.7. The van der Waals surface area contributed by atoms with Crippen molar-refractivity contribution in [2.24, 2.45) is 0 Å². The Kier molecular flexibility index (Phi) is 7.60. The molecule has 1 aromatic rings. The van der Waals surface area contributed by atoms with Crippen molar-refractivity contribution in [3.05, 3.63) is 30.3 Å². The number of carbonyl (C=O) groups is 1. The minimum absolute atomic E-state index is 0.113. The van der Waals surface area contributed by atoms with Gasteiger partial charge in [-0.3, -0.25) is 0 Å². The topological polar surface area (TPSA) is 53.6 Å². The molecule has 2 amide bonds. The molecule has 2 rings (SSSR count). The molecule has 2 N–H and O–H groups in total. The summed E-state index contributed by atoms with van der Waals surface area (Å²) < 4.78 is 5.51. The highest BCUT2D eigenvalue weighted by molar-refractivity contribution is 5.73. The minimum Gasteiger partial charge on any atom is -0.492 e. The molecule has 0 aromatic heterocycles. The third-order valence-electron chi connectivity index (χ3n) is 3.78. The summed E-state index contributed by atoms with van der Waals surface area (Å²) in [6.07, 6.45) is 4.86. The fourth-order valence-electron chi connectivity index (χ4n) is 2.58. The van der Waals surface area contributed by atoms with Crippen molar-refractivity contribution in [1.82, 2.24) is 15.5 Å². The number of nitrogens with one attached hydrogen (secondary N) is 2. The fourth-order valence-corrected chi connectivity index (χ4v) is 2.58. The van der Waals surface area contributed by atoms with Crippen LogP contribution in [0.1, 0.15) is 25.7 Å². The Morgan fingerprint density at radius 3 is 2.55 bits per heavy atom. The van der Waals surface area contributed by atoms with Crippen LogP contribution in [0.15, 0.2) is 30.3 Å². The van der Waals surface area contributed by atoms with E-state index in [2.05, 4.69) is 15.5 Å². The van der Waals surface area contributed by atoms with Crippen LogP contribution in [0.4, 0.5) is 4.79 Å². The number of rotatable bonds is 9. The van der Waals surface area contributed by atoms with Gasteiger partial charge in [0.25, 0.3) is 0 Å². The number of hydrogen-bond acceptors (Lipinski definition) is 3. The maximum Gasteiger partial charge on any atom is 0.314 e. The van der Waals surface area contributed by atoms with Crippen molar-refractivity contribution in [2.75, 3.05) is 39.3 Å². The van der Waals surface area contributed by atoms with Crippen molar-refractivity contribution in [3.8, 4) is 5.75 Å². The van der Waals surface area contributed by atoms with Gasteiger partial charge >= 0.3 is 6.03 Å². The van der Waals surface area contributed by atoms with E-state index in [4.69, 9.17) is 4.74 Å². The Hall–Kier alpha value is -1.75. The number of amides is 2. The maximum absolute atomic E-state index is 11.6. The van der Waals surface area contributed by atoms with Crippen LogP contribution in [0, 0.1) is 0 Å². The first-order valence-corrected chi connectivity index (χ1v) is 8.26. The van der Waals surface area contributed by atoms with Gasteiger partial charge in [0.05, 0.1) is 6.54 Å². The van der Waals surface area contributed by atoms with E-state index in [-0.39, 0.29) is 6.03 Å². The number of unbranched alkanes of at least 4 members (excludes halogenated alkanes) is 1. The van der Waals surface area contributed by atoms with Gasteiger partial charge in [-0.2, -0.15) is 0 Å². The predicted molar refractivity (Wildman–Crippen MR) is 88.2 cm³/mol. The number of ether oxygens (including phenoxy) is 1. The zero-order chi connectivity index (χ0) is 15.5. The molecule has 1 aromatic carbocycles. The number of hydrogen-bond donors (Lipinski definition) is 2. The second-order valence-electron chi connectivity index (χ2n) is 5.60. The third kappa shape index (κ3) is 6.80. The van der Waals surface area contributed by atoms with Crippen molar-refractivity contribution in [2.45, 2.75) is 25.7 Å². The summed E-state index contributed by atoms with van der Waals surface area (Å²) in [6, 6.07) is 9.50. The Morgan fingerprint density at radius 1 is 1.05 bits per heavy atom. The summed E-state index contributed by atoms with van der Waals surface area (Å²) in [4.78, 5) is 14.1. The van der Waals surface area contributed by atoms with E-state index in [1.54, 1.807) is 0 Å². The molecule has 0 unspecified atom stereocenters. The highest BCUT2D eigenvalue weighted by atomic mass is 16.5. The van der Waals surface area contributed by atoms with Gasteiger partial charge in [0.1, 0.15) is 12.4 Å². The number of urea groups is 1. The molecule has 5 heteroatoms. The lowest BCUT2D eigenvalue weighted by molar-refractivity contribution is 0.236. The fraction of sp³-hybridized carbons (Fsp3) is 0.588. The van der Waals surface area contributed by atoms with Crippen LogP contribution < -0.4 is 15.4 Å². The molecule has 1 heterocycles. The summed E-state index contributed by atoms with van der Waals surface area (Å²) in [5.74, 6) is 0.826. The van der Waals surface area contributed by atoms with Crippen molar-refractivity contribution >= 4 is 6.03 Å². The Morgan fingerprint density at radius 2 is 1.77 bits per heavy atom. The monoisotopic (exact) mass is 305 g/mol. The molecule has 0 saturated carbocycles. The van der Waals surface area contributed by atoms with E-state index in [1.807, 2.05) is 30.3 Å². The number of nitrogens with zero attached hydrogens (tertiary/aromatic N) is 1. The van der Waals surface area contributed by atoms with Gasteiger partial charge in [0.2, 0.25) is 0 Å². The molecule has 1 aliphatic heterocycles. The van der Waals surface area contributed by atoms with Crippen LogP contribution >= 0.6 is 0 Å². The third-order valence-corrected chi connectivity index (χ3v) is 3.78. The highest BCUT2D eigenvalue weighted by Crippen LogP contribution is 2.08. The van der Waals surface area contributed by atoms with E-state index in [9.17, 15) is 4.79 Å². The van der Waals surface area contributed by atoms with Crippen LogP contribution in [0.25, 0.3) is 0 Å². The Bertz CT molecular complexity index is 419. The van der Waals surface area contributed by atoms with E-state index in [1.165, 1.54) is 25.9 Å². The Balaban J connectivity index is 1.41. The molecule has 122 valence electrons. The standard InChI is InChI=1S/C17H27N3O2/c21-17(18-10-4-5-12-20-13-6-7-14-20)19-11-15-22-16-8-2-1-3-9-16/h1-3,8-9H,4-7,10-15H2,(H2,18,19,21). The summed E-state index contributed by atoms with van der Waals surface area (Å²) in [5, 5.41) is 5.68. The molecule has 0 radical (unpaired) electrons. The molecular formula is C17H27N3O2.